The lowest BCUT2D eigenvalue weighted by Crippen LogP contribution is -2.05. The fourth-order valence-electron chi connectivity index (χ4n) is 2.28. The van der Waals surface area contributed by atoms with Gasteiger partial charge in [-0.3, -0.25) is 4.57 Å². The standard InChI is InChI=1S/C15H10Cl3FN2/c1-8(16)15-20-12-7-9(17)5-6-13(12)21(15)14-10(18)3-2-4-11(14)19/h2-8H,1H3. The minimum absolute atomic E-state index is 0.242. The van der Waals surface area contributed by atoms with Crippen LogP contribution in [0.3, 0.4) is 0 Å². The lowest BCUT2D eigenvalue weighted by atomic mass is 10.2. The highest BCUT2D eigenvalue weighted by Crippen LogP contribution is 2.33. The van der Waals surface area contributed by atoms with Crippen LogP contribution in [0.1, 0.15) is 18.1 Å². The maximum Gasteiger partial charge on any atom is 0.148 e. The molecule has 0 amide bonds. The lowest BCUT2D eigenvalue weighted by molar-refractivity contribution is 0.616. The predicted octanol–water partition coefficient (Wildman–Crippen LogP) is 5.77. The summed E-state index contributed by atoms with van der Waals surface area (Å²) < 4.78 is 15.9. The second-order valence-corrected chi connectivity index (χ2v) is 6.12. The van der Waals surface area contributed by atoms with Gasteiger partial charge >= 0.3 is 0 Å². The summed E-state index contributed by atoms with van der Waals surface area (Å²) in [6.45, 7) is 1.77. The summed E-state index contributed by atoms with van der Waals surface area (Å²) in [5, 5.41) is 0.440. The van der Waals surface area contributed by atoms with E-state index in [0.717, 1.165) is 0 Å². The highest BCUT2D eigenvalue weighted by atomic mass is 35.5. The fourth-order valence-corrected chi connectivity index (χ4v) is 2.84. The molecule has 0 bridgehead atoms. The number of benzene rings is 2. The van der Waals surface area contributed by atoms with Gasteiger partial charge in [0.15, 0.2) is 0 Å². The van der Waals surface area contributed by atoms with E-state index in [1.165, 1.54) is 6.07 Å². The summed E-state index contributed by atoms with van der Waals surface area (Å²) in [5.74, 6) is 0.0799. The molecule has 0 aliphatic rings. The van der Waals surface area contributed by atoms with Crippen molar-refractivity contribution < 1.29 is 4.39 Å². The third-order valence-electron chi connectivity index (χ3n) is 3.16. The van der Waals surface area contributed by atoms with Gasteiger partial charge in [0.2, 0.25) is 0 Å². The van der Waals surface area contributed by atoms with Gasteiger partial charge in [0.05, 0.1) is 21.4 Å². The Bertz CT molecular complexity index is 807. The van der Waals surface area contributed by atoms with Crippen molar-refractivity contribution in [2.24, 2.45) is 0 Å². The van der Waals surface area contributed by atoms with Gasteiger partial charge in [0, 0.05) is 5.02 Å². The molecular formula is C15H10Cl3FN2. The Morgan fingerprint density at radius 2 is 1.95 bits per heavy atom. The van der Waals surface area contributed by atoms with Crippen LogP contribution in [0.15, 0.2) is 36.4 Å². The first kappa shape index (κ1) is 14.6. The van der Waals surface area contributed by atoms with Gasteiger partial charge < -0.3 is 0 Å². The van der Waals surface area contributed by atoms with Crippen molar-refractivity contribution in [2.75, 3.05) is 0 Å². The number of hydrogen-bond acceptors (Lipinski definition) is 1. The van der Waals surface area contributed by atoms with Crippen molar-refractivity contribution in [3.8, 4) is 5.69 Å². The van der Waals surface area contributed by atoms with Crippen molar-refractivity contribution in [3.63, 3.8) is 0 Å². The zero-order valence-electron chi connectivity index (χ0n) is 10.9. The molecule has 0 radical (unpaired) electrons. The van der Waals surface area contributed by atoms with Crippen molar-refractivity contribution in [1.82, 2.24) is 9.55 Å². The van der Waals surface area contributed by atoms with E-state index in [2.05, 4.69) is 4.98 Å². The Kier molecular flexibility index (Phi) is 3.82. The molecule has 2 aromatic carbocycles. The molecule has 6 heteroatoms. The fraction of sp³-hybridized carbons (Fsp3) is 0.133. The first-order valence-corrected chi connectivity index (χ1v) is 7.44. The first-order chi connectivity index (χ1) is 9.99. The van der Waals surface area contributed by atoms with Gasteiger partial charge in [-0.1, -0.05) is 29.3 Å². The number of nitrogens with zero attached hydrogens (tertiary/aromatic N) is 2. The topological polar surface area (TPSA) is 17.8 Å². The largest absolute Gasteiger partial charge is 0.291 e. The third-order valence-corrected chi connectivity index (χ3v) is 3.89. The van der Waals surface area contributed by atoms with Gasteiger partial charge in [-0.25, -0.2) is 9.37 Å². The molecule has 3 aromatic rings. The number of fused-ring (bicyclic) bond motifs is 1. The molecule has 0 aliphatic carbocycles. The molecule has 3 rings (SSSR count). The minimum atomic E-state index is -0.435. The number of imidazole rings is 1. The quantitative estimate of drug-likeness (QED) is 0.540. The van der Waals surface area contributed by atoms with E-state index in [0.29, 0.717) is 26.9 Å². The van der Waals surface area contributed by atoms with E-state index in [1.54, 1.807) is 41.8 Å². The van der Waals surface area contributed by atoms with Gasteiger partial charge in [-0.05, 0) is 37.3 Å². The van der Waals surface area contributed by atoms with Gasteiger partial charge in [0.1, 0.15) is 17.3 Å². The normalized spacial score (nSPS) is 12.8. The van der Waals surface area contributed by atoms with Crippen LogP contribution in [0.5, 0.6) is 0 Å². The Morgan fingerprint density at radius 3 is 2.62 bits per heavy atom. The Balaban J connectivity index is 2.42. The van der Waals surface area contributed by atoms with E-state index in [9.17, 15) is 4.39 Å². The van der Waals surface area contributed by atoms with Crippen molar-refractivity contribution in [1.29, 1.82) is 0 Å². The van der Waals surface area contributed by atoms with Crippen molar-refractivity contribution in [2.45, 2.75) is 12.3 Å². The molecule has 0 saturated heterocycles. The number of alkyl halides is 1. The van der Waals surface area contributed by atoms with Crippen LogP contribution in [0.2, 0.25) is 10.0 Å². The zero-order chi connectivity index (χ0) is 15.1. The molecule has 1 unspecified atom stereocenters. The van der Waals surface area contributed by atoms with Crippen LogP contribution in [0.4, 0.5) is 4.39 Å². The average Bonchev–Trinajstić information content (AvgIpc) is 2.77. The molecular weight excluding hydrogens is 334 g/mol. The molecule has 108 valence electrons. The molecule has 0 spiro atoms. The maximum absolute atomic E-state index is 14.3. The van der Waals surface area contributed by atoms with E-state index in [-0.39, 0.29) is 5.69 Å². The van der Waals surface area contributed by atoms with Gasteiger partial charge in [-0.15, -0.1) is 11.6 Å². The second kappa shape index (κ2) is 5.48. The smallest absolute Gasteiger partial charge is 0.148 e. The summed E-state index contributed by atoms with van der Waals surface area (Å²) in [5.41, 5.74) is 1.59. The van der Waals surface area contributed by atoms with Crippen molar-refractivity contribution in [3.05, 3.63) is 58.1 Å². The summed E-state index contributed by atoms with van der Waals surface area (Å²) >= 11 is 18.3. The summed E-state index contributed by atoms with van der Waals surface area (Å²) in [6.07, 6.45) is 0. The van der Waals surface area contributed by atoms with E-state index in [4.69, 9.17) is 34.8 Å². The van der Waals surface area contributed by atoms with Gasteiger partial charge in [0.25, 0.3) is 0 Å². The molecule has 1 atom stereocenters. The van der Waals surface area contributed by atoms with Crippen LogP contribution < -0.4 is 0 Å². The first-order valence-electron chi connectivity index (χ1n) is 6.25. The lowest BCUT2D eigenvalue weighted by Gasteiger charge is -2.13. The molecule has 2 nitrogen and oxygen atoms in total. The highest BCUT2D eigenvalue weighted by molar-refractivity contribution is 6.32. The molecule has 1 heterocycles. The Morgan fingerprint density at radius 1 is 1.19 bits per heavy atom. The Labute approximate surface area is 136 Å². The van der Waals surface area contributed by atoms with E-state index in [1.807, 2.05) is 0 Å². The van der Waals surface area contributed by atoms with E-state index >= 15 is 0 Å². The number of halogens is 4. The number of rotatable bonds is 2. The van der Waals surface area contributed by atoms with Crippen LogP contribution in [-0.2, 0) is 0 Å². The number of aromatic nitrogens is 2. The highest BCUT2D eigenvalue weighted by Gasteiger charge is 2.20. The number of para-hydroxylation sites is 1. The SMILES string of the molecule is CC(Cl)c1nc2cc(Cl)ccc2n1-c1c(F)cccc1Cl. The molecule has 1 aromatic heterocycles. The second-order valence-electron chi connectivity index (χ2n) is 4.62. The third kappa shape index (κ3) is 2.50. The zero-order valence-corrected chi connectivity index (χ0v) is 13.2. The average molecular weight is 344 g/mol. The van der Waals surface area contributed by atoms with Crippen LogP contribution in [0.25, 0.3) is 16.7 Å². The summed E-state index contributed by atoms with van der Waals surface area (Å²) in [7, 11) is 0. The summed E-state index contributed by atoms with van der Waals surface area (Å²) in [4.78, 5) is 4.45. The molecule has 0 aliphatic heterocycles. The maximum atomic E-state index is 14.3. The Hall–Kier alpha value is -1.29. The number of hydrogen-bond donors (Lipinski definition) is 0. The molecule has 0 saturated carbocycles. The minimum Gasteiger partial charge on any atom is -0.291 e. The monoisotopic (exact) mass is 342 g/mol. The van der Waals surface area contributed by atoms with Crippen LogP contribution in [-0.4, -0.2) is 9.55 Å². The van der Waals surface area contributed by atoms with Gasteiger partial charge in [-0.2, -0.15) is 0 Å². The summed E-state index contributed by atoms with van der Waals surface area (Å²) in [6, 6.07) is 9.75. The van der Waals surface area contributed by atoms with E-state index < -0.39 is 11.2 Å². The predicted molar refractivity (Wildman–Crippen MR) is 85.3 cm³/mol. The van der Waals surface area contributed by atoms with Crippen LogP contribution in [0, 0.1) is 5.82 Å². The van der Waals surface area contributed by atoms with Crippen LogP contribution >= 0.6 is 34.8 Å². The molecule has 0 N–H and O–H groups in total. The molecule has 0 fully saturated rings. The molecule has 21 heavy (non-hydrogen) atoms. The van der Waals surface area contributed by atoms with Crippen molar-refractivity contribution >= 4 is 45.8 Å².